The Kier molecular flexibility index (Phi) is 3.99. The number of ether oxygens (including phenoxy) is 1. The van der Waals surface area contributed by atoms with Crippen LogP contribution in [0.4, 0.5) is 4.39 Å². The second kappa shape index (κ2) is 5.34. The van der Waals surface area contributed by atoms with Crippen molar-refractivity contribution in [3.05, 3.63) is 29.6 Å². The summed E-state index contributed by atoms with van der Waals surface area (Å²) in [7, 11) is -3.58. The molecule has 100 valence electrons. The van der Waals surface area contributed by atoms with Gasteiger partial charge in [0.25, 0.3) is 0 Å². The van der Waals surface area contributed by atoms with E-state index in [4.69, 9.17) is 4.74 Å². The Labute approximate surface area is 106 Å². The highest BCUT2D eigenvalue weighted by atomic mass is 32.2. The molecule has 1 aromatic carbocycles. The van der Waals surface area contributed by atoms with Crippen LogP contribution in [-0.2, 0) is 14.8 Å². The molecule has 0 atom stereocenters. The van der Waals surface area contributed by atoms with E-state index in [-0.39, 0.29) is 10.9 Å². The maximum absolute atomic E-state index is 13.0. The number of hydrogen-bond acceptors (Lipinski definition) is 3. The summed E-state index contributed by atoms with van der Waals surface area (Å²) in [6.45, 7) is 2.72. The lowest BCUT2D eigenvalue weighted by molar-refractivity contribution is 0.0832. The third kappa shape index (κ3) is 3.07. The van der Waals surface area contributed by atoms with Crippen LogP contribution in [0, 0.1) is 12.7 Å². The van der Waals surface area contributed by atoms with Crippen LogP contribution in [-0.4, -0.2) is 27.7 Å². The Morgan fingerprint density at radius 2 is 2.00 bits per heavy atom. The Hall–Kier alpha value is -0.980. The summed E-state index contributed by atoms with van der Waals surface area (Å²) >= 11 is 0. The van der Waals surface area contributed by atoms with Crippen molar-refractivity contribution >= 4 is 10.0 Å². The van der Waals surface area contributed by atoms with E-state index in [0.29, 0.717) is 31.6 Å². The summed E-state index contributed by atoms with van der Waals surface area (Å²) in [5, 5.41) is 0. The number of hydrogen-bond donors (Lipinski definition) is 1. The van der Waals surface area contributed by atoms with Crippen molar-refractivity contribution in [2.24, 2.45) is 0 Å². The van der Waals surface area contributed by atoms with Crippen LogP contribution in [0.2, 0.25) is 0 Å². The van der Waals surface area contributed by atoms with Gasteiger partial charge in [-0.3, -0.25) is 0 Å². The molecule has 1 fully saturated rings. The van der Waals surface area contributed by atoms with Crippen molar-refractivity contribution in [2.45, 2.75) is 30.7 Å². The number of rotatable bonds is 3. The second-order valence-corrected chi connectivity index (χ2v) is 6.10. The molecule has 0 aliphatic carbocycles. The fourth-order valence-electron chi connectivity index (χ4n) is 2.01. The van der Waals surface area contributed by atoms with Crippen molar-refractivity contribution in [2.75, 3.05) is 13.2 Å². The summed E-state index contributed by atoms with van der Waals surface area (Å²) in [4.78, 5) is 0.135. The Morgan fingerprint density at radius 3 is 2.61 bits per heavy atom. The van der Waals surface area contributed by atoms with E-state index in [9.17, 15) is 12.8 Å². The van der Waals surface area contributed by atoms with Crippen LogP contribution in [0.5, 0.6) is 0 Å². The van der Waals surface area contributed by atoms with Crippen LogP contribution in [0.1, 0.15) is 18.4 Å². The second-order valence-electron chi connectivity index (χ2n) is 4.42. The van der Waals surface area contributed by atoms with Gasteiger partial charge in [0.1, 0.15) is 5.82 Å². The van der Waals surface area contributed by atoms with Gasteiger partial charge in [0.2, 0.25) is 10.0 Å². The molecular weight excluding hydrogens is 257 g/mol. The van der Waals surface area contributed by atoms with Gasteiger partial charge in [-0.15, -0.1) is 0 Å². The molecule has 1 aliphatic heterocycles. The highest BCUT2D eigenvalue weighted by Crippen LogP contribution is 2.18. The van der Waals surface area contributed by atoms with Crippen LogP contribution in [0.3, 0.4) is 0 Å². The normalized spacial score (nSPS) is 17.9. The molecule has 18 heavy (non-hydrogen) atoms. The highest BCUT2D eigenvalue weighted by Gasteiger charge is 2.23. The van der Waals surface area contributed by atoms with Crippen molar-refractivity contribution < 1.29 is 17.5 Å². The van der Waals surface area contributed by atoms with Crippen LogP contribution in [0.15, 0.2) is 23.1 Å². The van der Waals surface area contributed by atoms with E-state index in [1.54, 1.807) is 6.92 Å². The zero-order chi connectivity index (χ0) is 13.2. The Bertz CT molecular complexity index is 524. The number of benzene rings is 1. The SMILES string of the molecule is Cc1cc(F)ccc1S(=O)(=O)NC1CCOCC1. The first-order valence-corrected chi connectivity index (χ1v) is 7.33. The fraction of sp³-hybridized carbons (Fsp3) is 0.500. The van der Waals surface area contributed by atoms with E-state index in [2.05, 4.69) is 4.72 Å². The number of sulfonamides is 1. The zero-order valence-electron chi connectivity index (χ0n) is 10.1. The molecule has 1 N–H and O–H groups in total. The van der Waals surface area contributed by atoms with E-state index in [1.165, 1.54) is 12.1 Å². The van der Waals surface area contributed by atoms with E-state index in [1.807, 2.05) is 0 Å². The molecule has 1 heterocycles. The molecule has 1 aromatic rings. The Balaban J connectivity index is 2.19. The zero-order valence-corrected chi connectivity index (χ0v) is 11.0. The van der Waals surface area contributed by atoms with Gasteiger partial charge in [-0.1, -0.05) is 0 Å². The van der Waals surface area contributed by atoms with Gasteiger partial charge in [-0.2, -0.15) is 0 Å². The molecule has 4 nitrogen and oxygen atoms in total. The minimum Gasteiger partial charge on any atom is -0.381 e. The maximum Gasteiger partial charge on any atom is 0.241 e. The predicted octanol–water partition coefficient (Wildman–Crippen LogP) is 1.59. The summed E-state index contributed by atoms with van der Waals surface area (Å²) in [6.07, 6.45) is 1.33. The lowest BCUT2D eigenvalue weighted by Gasteiger charge is -2.23. The van der Waals surface area contributed by atoms with E-state index in [0.717, 1.165) is 6.07 Å². The van der Waals surface area contributed by atoms with Crippen LogP contribution < -0.4 is 4.72 Å². The summed E-state index contributed by atoms with van der Waals surface area (Å²) in [5.74, 6) is -0.433. The first-order chi connectivity index (χ1) is 8.49. The lowest BCUT2D eigenvalue weighted by Crippen LogP contribution is -2.39. The van der Waals surface area contributed by atoms with Crippen LogP contribution in [0.25, 0.3) is 0 Å². The average Bonchev–Trinajstić information content (AvgIpc) is 2.29. The molecule has 0 amide bonds. The first kappa shape index (κ1) is 13.5. The molecule has 0 bridgehead atoms. The molecule has 1 aliphatic rings. The minimum absolute atomic E-state index is 0.104. The molecular formula is C12H16FNO3S. The van der Waals surface area contributed by atoms with Gasteiger partial charge in [-0.25, -0.2) is 17.5 Å². The largest absolute Gasteiger partial charge is 0.381 e. The Morgan fingerprint density at radius 1 is 1.33 bits per heavy atom. The summed E-state index contributed by atoms with van der Waals surface area (Å²) < 4.78 is 45.1. The first-order valence-electron chi connectivity index (χ1n) is 5.85. The van der Waals surface area contributed by atoms with Gasteiger partial charge in [-0.05, 0) is 43.5 Å². The molecule has 6 heteroatoms. The third-order valence-electron chi connectivity index (χ3n) is 2.97. The number of halogens is 1. The molecule has 2 rings (SSSR count). The smallest absolute Gasteiger partial charge is 0.241 e. The van der Waals surface area contributed by atoms with E-state index >= 15 is 0 Å². The molecule has 1 saturated heterocycles. The van der Waals surface area contributed by atoms with Crippen LogP contribution >= 0.6 is 0 Å². The monoisotopic (exact) mass is 273 g/mol. The van der Waals surface area contributed by atoms with Crippen molar-refractivity contribution in [3.63, 3.8) is 0 Å². The minimum atomic E-state index is -3.58. The molecule has 0 radical (unpaired) electrons. The maximum atomic E-state index is 13.0. The highest BCUT2D eigenvalue weighted by molar-refractivity contribution is 7.89. The number of nitrogens with one attached hydrogen (secondary N) is 1. The summed E-state index contributed by atoms with van der Waals surface area (Å²) in [5.41, 5.74) is 0.412. The topological polar surface area (TPSA) is 55.4 Å². The molecule has 0 aromatic heterocycles. The number of aryl methyl sites for hydroxylation is 1. The molecule has 0 saturated carbocycles. The quantitative estimate of drug-likeness (QED) is 0.910. The van der Waals surface area contributed by atoms with Crippen molar-refractivity contribution in [1.29, 1.82) is 0 Å². The average molecular weight is 273 g/mol. The summed E-state index contributed by atoms with van der Waals surface area (Å²) in [6, 6.07) is 3.57. The molecule has 0 spiro atoms. The predicted molar refractivity (Wildman–Crippen MR) is 65.3 cm³/mol. The van der Waals surface area contributed by atoms with Crippen molar-refractivity contribution in [3.8, 4) is 0 Å². The van der Waals surface area contributed by atoms with Gasteiger partial charge in [0.05, 0.1) is 4.90 Å². The van der Waals surface area contributed by atoms with E-state index < -0.39 is 15.8 Å². The fourth-order valence-corrected chi connectivity index (χ4v) is 3.54. The molecule has 0 unspecified atom stereocenters. The third-order valence-corrected chi connectivity index (χ3v) is 4.65. The van der Waals surface area contributed by atoms with Gasteiger partial charge in [0, 0.05) is 19.3 Å². The lowest BCUT2D eigenvalue weighted by atomic mass is 10.1. The van der Waals surface area contributed by atoms with Gasteiger partial charge >= 0.3 is 0 Å². The van der Waals surface area contributed by atoms with Gasteiger partial charge < -0.3 is 4.74 Å². The standard InChI is InChI=1S/C12H16FNO3S/c1-9-8-10(13)2-3-12(9)18(15,16)14-11-4-6-17-7-5-11/h2-3,8,11,14H,4-7H2,1H3. The van der Waals surface area contributed by atoms with Gasteiger partial charge in [0.15, 0.2) is 0 Å². The van der Waals surface area contributed by atoms with Crippen molar-refractivity contribution in [1.82, 2.24) is 4.72 Å².